The quantitative estimate of drug-likeness (QED) is 0.640. The Balaban J connectivity index is 1.62. The van der Waals surface area contributed by atoms with Gasteiger partial charge in [0.1, 0.15) is 0 Å². The summed E-state index contributed by atoms with van der Waals surface area (Å²) in [6.07, 6.45) is 3.09. The molecular formula is C20H23N3O2S. The molecule has 0 radical (unpaired) electrons. The van der Waals surface area contributed by atoms with Crippen LogP contribution in [0.25, 0.3) is 11.0 Å². The average Bonchev–Trinajstić information content (AvgIpc) is 3.04. The SMILES string of the molecule is COc1cc2c(cc1OC)CN(Cn1c(SC)nc3ccccc31)CC2. The molecule has 5 nitrogen and oxygen atoms in total. The van der Waals surface area contributed by atoms with Crippen LogP contribution < -0.4 is 9.47 Å². The van der Waals surface area contributed by atoms with Crippen LogP contribution in [-0.2, 0) is 19.6 Å². The van der Waals surface area contributed by atoms with Crippen LogP contribution >= 0.6 is 11.8 Å². The lowest BCUT2D eigenvalue weighted by atomic mass is 9.99. The van der Waals surface area contributed by atoms with Crippen molar-refractivity contribution in [3.63, 3.8) is 0 Å². The molecule has 1 aliphatic rings. The Kier molecular flexibility index (Phi) is 4.78. The summed E-state index contributed by atoms with van der Waals surface area (Å²) < 4.78 is 13.2. The number of rotatable bonds is 5. The molecule has 0 bridgehead atoms. The number of imidazole rings is 1. The van der Waals surface area contributed by atoms with Gasteiger partial charge < -0.3 is 14.0 Å². The Morgan fingerprint density at radius 1 is 1.08 bits per heavy atom. The lowest BCUT2D eigenvalue weighted by molar-refractivity contribution is 0.195. The second-order valence-corrected chi connectivity index (χ2v) is 7.21. The van der Waals surface area contributed by atoms with Gasteiger partial charge in [0.05, 0.1) is 31.9 Å². The van der Waals surface area contributed by atoms with Crippen molar-refractivity contribution in [2.45, 2.75) is 24.8 Å². The summed E-state index contributed by atoms with van der Waals surface area (Å²) in [5.41, 5.74) is 4.90. The summed E-state index contributed by atoms with van der Waals surface area (Å²) in [6, 6.07) is 12.6. The molecule has 26 heavy (non-hydrogen) atoms. The van der Waals surface area contributed by atoms with Crippen molar-refractivity contribution in [1.29, 1.82) is 0 Å². The minimum absolute atomic E-state index is 0.797. The van der Waals surface area contributed by atoms with E-state index in [1.54, 1.807) is 26.0 Å². The van der Waals surface area contributed by atoms with E-state index in [4.69, 9.17) is 14.5 Å². The van der Waals surface area contributed by atoms with Gasteiger partial charge in [0, 0.05) is 13.1 Å². The molecule has 0 spiro atoms. The number of para-hydroxylation sites is 2. The maximum absolute atomic E-state index is 5.48. The van der Waals surface area contributed by atoms with Crippen molar-refractivity contribution in [2.75, 3.05) is 27.0 Å². The van der Waals surface area contributed by atoms with E-state index in [1.807, 2.05) is 6.07 Å². The highest BCUT2D eigenvalue weighted by molar-refractivity contribution is 7.98. The monoisotopic (exact) mass is 369 g/mol. The minimum Gasteiger partial charge on any atom is -0.493 e. The Labute approximate surface area is 157 Å². The lowest BCUT2D eigenvalue weighted by Crippen LogP contribution is -2.32. The van der Waals surface area contributed by atoms with Gasteiger partial charge in [0.15, 0.2) is 16.7 Å². The molecule has 0 saturated heterocycles. The lowest BCUT2D eigenvalue weighted by Gasteiger charge is -2.30. The highest BCUT2D eigenvalue weighted by Crippen LogP contribution is 2.33. The van der Waals surface area contributed by atoms with E-state index in [2.05, 4.69) is 46.1 Å². The third kappa shape index (κ3) is 3.04. The van der Waals surface area contributed by atoms with E-state index in [-0.39, 0.29) is 0 Å². The fraction of sp³-hybridized carbons (Fsp3) is 0.350. The zero-order chi connectivity index (χ0) is 18.1. The molecule has 0 unspecified atom stereocenters. The van der Waals surface area contributed by atoms with E-state index in [1.165, 1.54) is 16.6 Å². The van der Waals surface area contributed by atoms with Gasteiger partial charge >= 0.3 is 0 Å². The molecule has 0 atom stereocenters. The summed E-state index contributed by atoms with van der Waals surface area (Å²) in [6.45, 7) is 2.75. The third-order valence-corrected chi connectivity index (χ3v) is 5.62. The number of hydrogen-bond acceptors (Lipinski definition) is 5. The van der Waals surface area contributed by atoms with Crippen molar-refractivity contribution in [3.05, 3.63) is 47.5 Å². The molecule has 1 aliphatic heterocycles. The van der Waals surface area contributed by atoms with Crippen molar-refractivity contribution in [3.8, 4) is 11.5 Å². The number of nitrogens with zero attached hydrogens (tertiary/aromatic N) is 3. The van der Waals surface area contributed by atoms with Gasteiger partial charge in [-0.2, -0.15) is 0 Å². The predicted molar refractivity (Wildman–Crippen MR) is 105 cm³/mol. The number of methoxy groups -OCH3 is 2. The Hall–Kier alpha value is -2.18. The molecule has 3 aromatic rings. The van der Waals surface area contributed by atoms with Crippen molar-refractivity contribution < 1.29 is 9.47 Å². The number of ether oxygens (including phenoxy) is 2. The van der Waals surface area contributed by atoms with Crippen molar-refractivity contribution in [2.24, 2.45) is 0 Å². The Morgan fingerprint density at radius 2 is 1.81 bits per heavy atom. The topological polar surface area (TPSA) is 39.5 Å². The maximum Gasteiger partial charge on any atom is 0.169 e. The van der Waals surface area contributed by atoms with E-state index >= 15 is 0 Å². The van der Waals surface area contributed by atoms with Gasteiger partial charge in [-0.05, 0) is 48.1 Å². The Morgan fingerprint density at radius 3 is 2.54 bits per heavy atom. The molecule has 1 aromatic heterocycles. The van der Waals surface area contributed by atoms with Crippen LogP contribution in [0.1, 0.15) is 11.1 Å². The highest BCUT2D eigenvalue weighted by Gasteiger charge is 2.21. The number of fused-ring (bicyclic) bond motifs is 2. The number of benzene rings is 2. The van der Waals surface area contributed by atoms with Crippen LogP contribution in [0, 0.1) is 0 Å². The summed E-state index contributed by atoms with van der Waals surface area (Å²) in [5, 5.41) is 1.06. The molecule has 136 valence electrons. The van der Waals surface area contributed by atoms with E-state index in [9.17, 15) is 0 Å². The van der Waals surface area contributed by atoms with Crippen LogP contribution in [0.2, 0.25) is 0 Å². The predicted octanol–water partition coefficient (Wildman–Crippen LogP) is 3.79. The summed E-state index contributed by atoms with van der Waals surface area (Å²) in [5.74, 6) is 1.61. The normalized spacial score (nSPS) is 14.4. The van der Waals surface area contributed by atoms with E-state index < -0.39 is 0 Å². The molecule has 0 saturated carbocycles. The standard InChI is InChI=1S/C20H23N3O2S/c1-24-18-10-14-8-9-22(12-15(14)11-19(18)25-2)13-23-17-7-5-4-6-16(17)21-20(23)26-3/h4-7,10-11H,8-9,12-13H2,1-3H3. The molecular weight excluding hydrogens is 346 g/mol. The number of thioether (sulfide) groups is 1. The van der Waals surface area contributed by atoms with Gasteiger partial charge in [0.25, 0.3) is 0 Å². The molecule has 0 N–H and O–H groups in total. The molecule has 2 heterocycles. The third-order valence-electron chi connectivity index (χ3n) is 4.94. The second kappa shape index (κ2) is 7.21. The van der Waals surface area contributed by atoms with Crippen LogP contribution in [0.3, 0.4) is 0 Å². The summed E-state index contributed by atoms with van der Waals surface area (Å²) in [4.78, 5) is 7.21. The molecule has 0 amide bonds. The van der Waals surface area contributed by atoms with Crippen molar-refractivity contribution in [1.82, 2.24) is 14.5 Å². The average molecular weight is 369 g/mol. The largest absolute Gasteiger partial charge is 0.493 e. The van der Waals surface area contributed by atoms with Crippen LogP contribution in [-0.4, -0.2) is 41.5 Å². The summed E-state index contributed by atoms with van der Waals surface area (Å²) in [7, 11) is 3.38. The first-order valence-corrected chi connectivity index (χ1v) is 9.91. The Bertz CT molecular complexity index is 938. The first-order chi connectivity index (χ1) is 12.7. The van der Waals surface area contributed by atoms with E-state index in [0.717, 1.165) is 48.4 Å². The van der Waals surface area contributed by atoms with Crippen LogP contribution in [0.5, 0.6) is 11.5 Å². The fourth-order valence-electron chi connectivity index (χ4n) is 3.61. The molecule has 6 heteroatoms. The van der Waals surface area contributed by atoms with Crippen LogP contribution in [0.15, 0.2) is 41.6 Å². The minimum atomic E-state index is 0.797. The first-order valence-electron chi connectivity index (χ1n) is 8.69. The summed E-state index contributed by atoms with van der Waals surface area (Å²) >= 11 is 1.70. The van der Waals surface area contributed by atoms with Gasteiger partial charge in [0.2, 0.25) is 0 Å². The fourth-order valence-corrected chi connectivity index (χ4v) is 4.17. The van der Waals surface area contributed by atoms with E-state index in [0.29, 0.717) is 0 Å². The van der Waals surface area contributed by atoms with Crippen LogP contribution in [0.4, 0.5) is 0 Å². The molecule has 0 fully saturated rings. The zero-order valence-electron chi connectivity index (χ0n) is 15.4. The van der Waals surface area contributed by atoms with Gasteiger partial charge in [-0.3, -0.25) is 4.90 Å². The zero-order valence-corrected chi connectivity index (χ0v) is 16.2. The molecule has 0 aliphatic carbocycles. The number of hydrogen-bond donors (Lipinski definition) is 0. The molecule has 4 rings (SSSR count). The number of aromatic nitrogens is 2. The molecule has 2 aromatic carbocycles. The van der Waals surface area contributed by atoms with Crippen molar-refractivity contribution >= 4 is 22.8 Å². The van der Waals surface area contributed by atoms with Gasteiger partial charge in [-0.1, -0.05) is 23.9 Å². The van der Waals surface area contributed by atoms with Gasteiger partial charge in [-0.15, -0.1) is 0 Å². The first kappa shape index (κ1) is 17.2. The second-order valence-electron chi connectivity index (χ2n) is 6.44. The van der Waals surface area contributed by atoms with Gasteiger partial charge in [-0.25, -0.2) is 4.98 Å². The highest BCUT2D eigenvalue weighted by atomic mass is 32.2. The smallest absolute Gasteiger partial charge is 0.169 e. The maximum atomic E-state index is 5.48.